The molecule has 0 fully saturated rings. The van der Waals surface area contributed by atoms with E-state index in [1.807, 2.05) is 26.0 Å². The molecule has 3 rings (SSSR count). The fourth-order valence-corrected chi connectivity index (χ4v) is 3.56. The highest BCUT2D eigenvalue weighted by Crippen LogP contribution is 2.37. The molecule has 7 heteroatoms. The van der Waals surface area contributed by atoms with E-state index in [0.717, 1.165) is 23.3 Å². The zero-order valence-corrected chi connectivity index (χ0v) is 17.3. The van der Waals surface area contributed by atoms with Crippen LogP contribution in [0, 0.1) is 13.8 Å². The van der Waals surface area contributed by atoms with Gasteiger partial charge in [-0.2, -0.15) is 13.2 Å². The molecule has 0 aliphatic carbocycles. The minimum absolute atomic E-state index is 0.0397. The molecule has 0 saturated heterocycles. The number of rotatable bonds is 7. The summed E-state index contributed by atoms with van der Waals surface area (Å²) in [5.41, 5.74) is 7.12. The Morgan fingerprint density at radius 2 is 1.71 bits per heavy atom. The van der Waals surface area contributed by atoms with Crippen molar-refractivity contribution in [3.63, 3.8) is 0 Å². The summed E-state index contributed by atoms with van der Waals surface area (Å²) >= 11 is 0. The molecule has 3 N–H and O–H groups in total. The average Bonchev–Trinajstić information content (AvgIpc) is 2.68. The van der Waals surface area contributed by atoms with Crippen LogP contribution in [0.2, 0.25) is 0 Å². The Morgan fingerprint density at radius 3 is 2.35 bits per heavy atom. The summed E-state index contributed by atoms with van der Waals surface area (Å²) in [5, 5.41) is 10.3. The number of carboxylic acids is 1. The van der Waals surface area contributed by atoms with Crippen LogP contribution in [0.4, 0.5) is 13.2 Å². The van der Waals surface area contributed by atoms with Gasteiger partial charge in [0.25, 0.3) is 0 Å². The van der Waals surface area contributed by atoms with Gasteiger partial charge < -0.3 is 15.6 Å². The highest BCUT2D eigenvalue weighted by molar-refractivity contribution is 5.89. The normalized spacial score (nSPS) is 13.7. The van der Waals surface area contributed by atoms with Crippen LogP contribution in [0.1, 0.15) is 35.1 Å². The predicted molar refractivity (Wildman–Crippen MR) is 113 cm³/mol. The number of alkyl halides is 3. The highest BCUT2D eigenvalue weighted by Gasteiger charge is 2.33. The predicted octanol–water partition coefficient (Wildman–Crippen LogP) is 5.57. The molecule has 0 radical (unpaired) electrons. The molecule has 0 saturated carbocycles. The van der Waals surface area contributed by atoms with Gasteiger partial charge >= 0.3 is 12.1 Å². The van der Waals surface area contributed by atoms with Crippen molar-refractivity contribution in [3.05, 3.63) is 76.9 Å². The molecule has 4 nitrogen and oxygen atoms in total. The molecule has 0 amide bonds. The fraction of sp³-hybridized carbons (Fsp3) is 0.292. The van der Waals surface area contributed by atoms with Gasteiger partial charge in [-0.05, 0) is 48.1 Å². The summed E-state index contributed by atoms with van der Waals surface area (Å²) in [4.78, 5) is 11.5. The van der Waals surface area contributed by atoms with Crippen LogP contribution in [0.15, 0.2) is 54.6 Å². The smallest absolute Gasteiger partial charge is 0.416 e. The van der Waals surface area contributed by atoms with Gasteiger partial charge in [0.1, 0.15) is 5.75 Å². The van der Waals surface area contributed by atoms with Crippen molar-refractivity contribution in [2.75, 3.05) is 6.61 Å². The second-order valence-corrected chi connectivity index (χ2v) is 7.82. The first kappa shape index (κ1) is 22.6. The Bertz CT molecular complexity index is 1110. The third-order valence-electron chi connectivity index (χ3n) is 5.51. The number of carbonyl (C=O) groups is 1. The SMILES string of the molecule is Cc1ccc(C(N)(CCOc2cc(C(F)(F)F)cc3ccccc23)CC(=O)O)cc1C. The van der Waals surface area contributed by atoms with Crippen molar-refractivity contribution < 1.29 is 27.8 Å². The third-order valence-corrected chi connectivity index (χ3v) is 5.51. The molecule has 0 aromatic heterocycles. The molecule has 0 spiro atoms. The summed E-state index contributed by atoms with van der Waals surface area (Å²) in [7, 11) is 0. The highest BCUT2D eigenvalue weighted by atomic mass is 19.4. The van der Waals surface area contributed by atoms with E-state index >= 15 is 0 Å². The topological polar surface area (TPSA) is 72.5 Å². The largest absolute Gasteiger partial charge is 0.493 e. The number of nitrogens with two attached hydrogens (primary N) is 1. The van der Waals surface area contributed by atoms with Crippen molar-refractivity contribution in [3.8, 4) is 5.75 Å². The molecule has 0 heterocycles. The summed E-state index contributed by atoms with van der Waals surface area (Å²) in [6, 6.07) is 14.2. The fourth-order valence-electron chi connectivity index (χ4n) is 3.56. The zero-order valence-electron chi connectivity index (χ0n) is 17.3. The number of aliphatic carboxylic acids is 1. The minimum atomic E-state index is -4.51. The Morgan fingerprint density at radius 1 is 1.00 bits per heavy atom. The number of hydrogen-bond donors (Lipinski definition) is 2. The molecule has 3 aromatic rings. The van der Waals surface area contributed by atoms with Gasteiger partial charge in [-0.15, -0.1) is 0 Å². The average molecular weight is 431 g/mol. The Balaban J connectivity index is 1.89. The zero-order chi connectivity index (χ0) is 22.8. The van der Waals surface area contributed by atoms with E-state index in [1.165, 1.54) is 0 Å². The van der Waals surface area contributed by atoms with E-state index in [4.69, 9.17) is 10.5 Å². The molecule has 0 bridgehead atoms. The van der Waals surface area contributed by atoms with E-state index in [0.29, 0.717) is 16.3 Å². The molecule has 0 aliphatic rings. The standard InChI is InChI=1S/C24H24F3NO3/c1-15-7-8-18(11-16(15)2)23(28,14-22(29)30)9-10-31-21-13-19(24(25,26)27)12-17-5-3-4-6-20(17)21/h3-8,11-13H,9-10,14,28H2,1-2H3,(H,29,30). The van der Waals surface area contributed by atoms with Gasteiger partial charge in [0.2, 0.25) is 0 Å². The maximum absolute atomic E-state index is 13.3. The first-order chi connectivity index (χ1) is 14.5. The minimum Gasteiger partial charge on any atom is -0.493 e. The molecule has 3 aromatic carbocycles. The van der Waals surface area contributed by atoms with Gasteiger partial charge in [-0.25, -0.2) is 0 Å². The van der Waals surface area contributed by atoms with E-state index in [2.05, 4.69) is 0 Å². The second-order valence-electron chi connectivity index (χ2n) is 7.82. The quantitative estimate of drug-likeness (QED) is 0.513. The lowest BCUT2D eigenvalue weighted by Crippen LogP contribution is -2.40. The maximum Gasteiger partial charge on any atom is 0.416 e. The lowest BCUT2D eigenvalue weighted by molar-refractivity contribution is -0.139. The van der Waals surface area contributed by atoms with Crippen molar-refractivity contribution in [2.24, 2.45) is 5.73 Å². The molecule has 1 unspecified atom stereocenters. The van der Waals surface area contributed by atoms with Crippen LogP contribution >= 0.6 is 0 Å². The maximum atomic E-state index is 13.3. The number of ether oxygens (including phenoxy) is 1. The van der Waals surface area contributed by atoms with Crippen molar-refractivity contribution in [2.45, 2.75) is 38.4 Å². The summed E-state index contributed by atoms with van der Waals surface area (Å²) < 4.78 is 45.6. The summed E-state index contributed by atoms with van der Waals surface area (Å²) in [6.45, 7) is 3.81. The first-order valence-electron chi connectivity index (χ1n) is 9.81. The third kappa shape index (κ3) is 5.17. The second kappa shape index (κ2) is 8.59. The summed E-state index contributed by atoms with van der Waals surface area (Å²) in [5.74, 6) is -0.978. The van der Waals surface area contributed by atoms with Gasteiger partial charge in [0.15, 0.2) is 0 Å². The number of halogens is 3. The van der Waals surface area contributed by atoms with Gasteiger partial charge in [-0.1, -0.05) is 42.5 Å². The molecule has 164 valence electrons. The number of aryl methyl sites for hydroxylation is 2. The number of benzene rings is 3. The van der Waals surface area contributed by atoms with Crippen molar-refractivity contribution in [1.29, 1.82) is 0 Å². The van der Waals surface area contributed by atoms with Crippen molar-refractivity contribution >= 4 is 16.7 Å². The first-order valence-corrected chi connectivity index (χ1v) is 9.81. The molecule has 1 atom stereocenters. The Labute approximate surface area is 178 Å². The van der Waals surface area contributed by atoms with E-state index in [-0.39, 0.29) is 25.2 Å². The van der Waals surface area contributed by atoms with Crippen LogP contribution < -0.4 is 10.5 Å². The van der Waals surface area contributed by atoms with Gasteiger partial charge in [0.05, 0.1) is 24.1 Å². The van der Waals surface area contributed by atoms with Gasteiger partial charge in [-0.3, -0.25) is 4.79 Å². The van der Waals surface area contributed by atoms with Crippen LogP contribution in [0.5, 0.6) is 5.75 Å². The van der Waals surface area contributed by atoms with E-state index in [1.54, 1.807) is 30.3 Å². The Kier molecular flexibility index (Phi) is 6.27. The number of fused-ring (bicyclic) bond motifs is 1. The van der Waals surface area contributed by atoms with Crippen LogP contribution in [-0.2, 0) is 16.5 Å². The van der Waals surface area contributed by atoms with Crippen LogP contribution in [0.25, 0.3) is 10.8 Å². The monoisotopic (exact) mass is 431 g/mol. The van der Waals surface area contributed by atoms with E-state index in [9.17, 15) is 23.1 Å². The van der Waals surface area contributed by atoms with Gasteiger partial charge in [0, 0.05) is 11.8 Å². The van der Waals surface area contributed by atoms with E-state index < -0.39 is 23.2 Å². The lowest BCUT2D eigenvalue weighted by atomic mass is 9.83. The van der Waals surface area contributed by atoms with Crippen LogP contribution in [0.3, 0.4) is 0 Å². The number of hydrogen-bond acceptors (Lipinski definition) is 3. The lowest BCUT2D eigenvalue weighted by Gasteiger charge is -2.29. The molecule has 0 aliphatic heterocycles. The summed E-state index contributed by atoms with van der Waals surface area (Å²) in [6.07, 6.45) is -4.73. The van der Waals surface area contributed by atoms with Crippen molar-refractivity contribution in [1.82, 2.24) is 0 Å². The number of carboxylic acid groups (broad SMARTS) is 1. The van der Waals surface area contributed by atoms with Crippen LogP contribution in [-0.4, -0.2) is 17.7 Å². The molecular weight excluding hydrogens is 407 g/mol. The molecule has 31 heavy (non-hydrogen) atoms. The molecular formula is C24H24F3NO3. The Hall–Kier alpha value is -3.06.